The summed E-state index contributed by atoms with van der Waals surface area (Å²) in [6.07, 6.45) is 0. The minimum absolute atomic E-state index is 0.126. The fourth-order valence-electron chi connectivity index (χ4n) is 1.57. The molecule has 0 spiro atoms. The Morgan fingerprint density at radius 1 is 1.20 bits per heavy atom. The van der Waals surface area contributed by atoms with Gasteiger partial charge in [0, 0.05) is 11.6 Å². The van der Waals surface area contributed by atoms with Crippen LogP contribution >= 0.6 is 11.6 Å². The molecule has 0 amide bonds. The summed E-state index contributed by atoms with van der Waals surface area (Å²) in [6.45, 7) is -0.127. The number of carbonyl (C=O) groups excluding carboxylic acids is 2. The van der Waals surface area contributed by atoms with E-state index in [0.717, 1.165) is 0 Å². The number of benzene rings is 1. The van der Waals surface area contributed by atoms with Gasteiger partial charge in [-0.2, -0.15) is 0 Å². The molecule has 0 bridgehead atoms. The molecule has 0 atom stereocenters. The lowest BCUT2D eigenvalue weighted by molar-refractivity contribution is -0.145. The molecule has 0 aromatic heterocycles. The van der Waals surface area contributed by atoms with Gasteiger partial charge >= 0.3 is 11.9 Å². The molecule has 110 valence electrons. The normalized spacial score (nSPS) is 10.4. The molecule has 1 aromatic carbocycles. The van der Waals surface area contributed by atoms with E-state index in [-0.39, 0.29) is 19.6 Å². The third-order valence-electron chi connectivity index (χ3n) is 2.56. The second-order valence-corrected chi connectivity index (χ2v) is 4.44. The van der Waals surface area contributed by atoms with E-state index < -0.39 is 17.8 Å². The predicted octanol–water partition coefficient (Wildman–Crippen LogP) is 1.63. The van der Waals surface area contributed by atoms with Crippen LogP contribution in [0, 0.1) is 5.82 Å². The smallest absolute Gasteiger partial charge is 0.319 e. The Morgan fingerprint density at radius 2 is 1.75 bits per heavy atom. The van der Waals surface area contributed by atoms with Gasteiger partial charge in [0.05, 0.1) is 27.3 Å². The number of hydrogen-bond donors (Lipinski definition) is 0. The van der Waals surface area contributed by atoms with E-state index in [1.807, 2.05) is 0 Å². The second-order valence-electron chi connectivity index (χ2n) is 4.03. The molecule has 0 N–H and O–H groups in total. The number of esters is 2. The molecule has 1 rings (SSSR count). The van der Waals surface area contributed by atoms with Crippen molar-refractivity contribution in [3.05, 3.63) is 34.6 Å². The summed E-state index contributed by atoms with van der Waals surface area (Å²) in [4.78, 5) is 24.1. The van der Waals surface area contributed by atoms with E-state index in [9.17, 15) is 14.0 Å². The zero-order valence-electron chi connectivity index (χ0n) is 11.2. The van der Waals surface area contributed by atoms with Crippen molar-refractivity contribution in [1.82, 2.24) is 4.90 Å². The number of nitrogens with zero attached hydrogens (tertiary/aromatic N) is 1. The zero-order chi connectivity index (χ0) is 15.1. The highest BCUT2D eigenvalue weighted by atomic mass is 35.5. The molecular weight excluding hydrogens is 289 g/mol. The summed E-state index contributed by atoms with van der Waals surface area (Å²) in [5.74, 6) is -1.47. The van der Waals surface area contributed by atoms with Crippen LogP contribution in [0.2, 0.25) is 5.02 Å². The molecule has 0 aliphatic rings. The second kappa shape index (κ2) is 7.81. The molecule has 1 aromatic rings. The lowest BCUT2D eigenvalue weighted by Gasteiger charge is -2.20. The Morgan fingerprint density at radius 3 is 2.25 bits per heavy atom. The molecule has 0 heterocycles. The minimum atomic E-state index is -0.513. The van der Waals surface area contributed by atoms with Crippen LogP contribution in [-0.2, 0) is 25.6 Å². The van der Waals surface area contributed by atoms with Crippen LogP contribution in [0.1, 0.15) is 5.56 Å². The number of rotatable bonds is 6. The van der Waals surface area contributed by atoms with Gasteiger partial charge in [-0.25, -0.2) is 4.39 Å². The van der Waals surface area contributed by atoms with E-state index in [1.54, 1.807) is 0 Å². The Kier molecular flexibility index (Phi) is 6.41. The van der Waals surface area contributed by atoms with Crippen molar-refractivity contribution in [2.45, 2.75) is 6.54 Å². The predicted molar refractivity (Wildman–Crippen MR) is 70.7 cm³/mol. The fourth-order valence-corrected chi connectivity index (χ4v) is 1.74. The molecule has 5 nitrogen and oxygen atoms in total. The fraction of sp³-hybridized carbons (Fsp3) is 0.385. The van der Waals surface area contributed by atoms with Crippen molar-refractivity contribution in [2.75, 3.05) is 27.3 Å². The van der Waals surface area contributed by atoms with Crippen LogP contribution in [-0.4, -0.2) is 44.1 Å². The number of carbonyl (C=O) groups is 2. The van der Waals surface area contributed by atoms with Crippen molar-refractivity contribution in [2.24, 2.45) is 0 Å². The SMILES string of the molecule is COC(=O)CN(CC(=O)OC)Cc1cc(F)ccc1Cl. The molecule has 7 heteroatoms. The standard InChI is InChI=1S/C13H15ClFNO4/c1-19-12(17)7-16(8-13(18)20-2)6-9-5-10(15)3-4-11(9)14/h3-5H,6-8H2,1-2H3. The van der Waals surface area contributed by atoms with Gasteiger partial charge < -0.3 is 9.47 Å². The summed E-state index contributed by atoms with van der Waals surface area (Å²) in [5.41, 5.74) is 0.472. The third kappa shape index (κ3) is 5.14. The maximum Gasteiger partial charge on any atom is 0.319 e. The monoisotopic (exact) mass is 303 g/mol. The number of methoxy groups -OCH3 is 2. The van der Waals surface area contributed by atoms with Gasteiger partial charge in [-0.1, -0.05) is 11.6 Å². The molecule has 0 saturated carbocycles. The van der Waals surface area contributed by atoms with E-state index in [1.165, 1.54) is 37.3 Å². The zero-order valence-corrected chi connectivity index (χ0v) is 11.9. The van der Waals surface area contributed by atoms with E-state index in [0.29, 0.717) is 10.6 Å². The summed E-state index contributed by atoms with van der Waals surface area (Å²) >= 11 is 5.96. The maximum absolute atomic E-state index is 13.2. The largest absolute Gasteiger partial charge is 0.468 e. The summed E-state index contributed by atoms with van der Waals surface area (Å²) in [6, 6.07) is 3.90. The lowest BCUT2D eigenvalue weighted by atomic mass is 10.2. The molecule has 20 heavy (non-hydrogen) atoms. The first-order valence-electron chi connectivity index (χ1n) is 5.76. The molecule has 0 aliphatic heterocycles. The first kappa shape index (κ1) is 16.4. The van der Waals surface area contributed by atoms with Gasteiger partial charge in [0.1, 0.15) is 5.82 Å². The van der Waals surface area contributed by atoms with Crippen LogP contribution in [0.4, 0.5) is 4.39 Å². The number of hydrogen-bond acceptors (Lipinski definition) is 5. The van der Waals surface area contributed by atoms with E-state index >= 15 is 0 Å². The maximum atomic E-state index is 13.2. The average Bonchev–Trinajstić information content (AvgIpc) is 2.42. The third-order valence-corrected chi connectivity index (χ3v) is 2.93. The van der Waals surface area contributed by atoms with Crippen molar-refractivity contribution in [3.8, 4) is 0 Å². The number of ether oxygens (including phenoxy) is 2. The van der Waals surface area contributed by atoms with Gasteiger partial charge in [0.25, 0.3) is 0 Å². The number of halogens is 2. The first-order valence-corrected chi connectivity index (χ1v) is 6.14. The van der Waals surface area contributed by atoms with Crippen LogP contribution in [0.3, 0.4) is 0 Å². The molecule has 0 unspecified atom stereocenters. The van der Waals surface area contributed by atoms with E-state index in [4.69, 9.17) is 11.6 Å². The highest BCUT2D eigenvalue weighted by Gasteiger charge is 2.17. The first-order chi connectivity index (χ1) is 9.46. The van der Waals surface area contributed by atoms with Crippen molar-refractivity contribution >= 4 is 23.5 Å². The van der Waals surface area contributed by atoms with Crippen molar-refractivity contribution < 1.29 is 23.5 Å². The molecule has 0 saturated heterocycles. The molecule has 0 fully saturated rings. The lowest BCUT2D eigenvalue weighted by Crippen LogP contribution is -2.35. The quantitative estimate of drug-likeness (QED) is 0.748. The average molecular weight is 304 g/mol. The Labute approximate surface area is 121 Å². The van der Waals surface area contributed by atoms with Crippen molar-refractivity contribution in [3.63, 3.8) is 0 Å². The Bertz CT molecular complexity index is 477. The van der Waals surface area contributed by atoms with Gasteiger partial charge in [-0.05, 0) is 23.8 Å². The highest BCUT2D eigenvalue weighted by Crippen LogP contribution is 2.19. The molecule has 0 aliphatic carbocycles. The van der Waals surface area contributed by atoms with Gasteiger partial charge in [0.15, 0.2) is 0 Å². The summed E-state index contributed by atoms with van der Waals surface area (Å²) < 4.78 is 22.3. The molecular formula is C13H15ClFNO4. The minimum Gasteiger partial charge on any atom is -0.468 e. The molecule has 0 radical (unpaired) electrons. The Balaban J connectivity index is 2.84. The van der Waals surface area contributed by atoms with Crippen molar-refractivity contribution in [1.29, 1.82) is 0 Å². The van der Waals surface area contributed by atoms with Crippen LogP contribution in [0.25, 0.3) is 0 Å². The Hall–Kier alpha value is -1.66. The highest BCUT2D eigenvalue weighted by molar-refractivity contribution is 6.31. The summed E-state index contributed by atoms with van der Waals surface area (Å²) in [7, 11) is 2.49. The van der Waals surface area contributed by atoms with Crippen LogP contribution in [0.15, 0.2) is 18.2 Å². The van der Waals surface area contributed by atoms with Gasteiger partial charge in [-0.3, -0.25) is 14.5 Å². The van der Waals surface area contributed by atoms with Crippen LogP contribution < -0.4 is 0 Å². The topological polar surface area (TPSA) is 55.8 Å². The van der Waals surface area contributed by atoms with E-state index in [2.05, 4.69) is 9.47 Å². The van der Waals surface area contributed by atoms with Gasteiger partial charge in [-0.15, -0.1) is 0 Å². The summed E-state index contributed by atoms with van der Waals surface area (Å²) in [5, 5.41) is 0.353. The van der Waals surface area contributed by atoms with Gasteiger partial charge in [0.2, 0.25) is 0 Å². The van der Waals surface area contributed by atoms with Crippen LogP contribution in [0.5, 0.6) is 0 Å².